The number of carbonyl (C=O) groups is 1. The van der Waals surface area contributed by atoms with Crippen molar-refractivity contribution in [2.24, 2.45) is 0 Å². The molecule has 7 N–H and O–H groups in total. The van der Waals surface area contributed by atoms with Crippen LogP contribution in [0.1, 0.15) is 52.4 Å². The summed E-state index contributed by atoms with van der Waals surface area (Å²) in [7, 11) is 0. The smallest absolute Gasteiger partial charge is 0.217 e. The molecule has 2 saturated heterocycles. The Morgan fingerprint density at radius 3 is 2.06 bits per heavy atom. The van der Waals surface area contributed by atoms with Gasteiger partial charge in [0.05, 0.1) is 13.2 Å². The molecule has 2 aliphatic heterocycles. The van der Waals surface area contributed by atoms with Crippen LogP contribution in [-0.2, 0) is 23.7 Å². The van der Waals surface area contributed by atoms with Crippen LogP contribution in [-0.4, -0.2) is 118 Å². The molecule has 0 spiro atoms. The fraction of sp³-hybridized carbons (Fsp3) is 0.955. The van der Waals surface area contributed by atoms with Gasteiger partial charge in [0.1, 0.15) is 48.8 Å². The Balaban J connectivity index is 1.93. The van der Waals surface area contributed by atoms with Gasteiger partial charge in [-0.3, -0.25) is 4.79 Å². The number of amides is 1. The van der Waals surface area contributed by atoms with Crippen LogP contribution < -0.4 is 5.32 Å². The lowest BCUT2D eigenvalue weighted by atomic mass is 9.96. The van der Waals surface area contributed by atoms with Crippen LogP contribution in [0.4, 0.5) is 0 Å². The molecular weight excluding hydrogens is 454 g/mol. The summed E-state index contributed by atoms with van der Waals surface area (Å²) in [6.07, 6.45) is -5.94. The van der Waals surface area contributed by atoms with E-state index in [-0.39, 0.29) is 6.61 Å². The van der Waals surface area contributed by atoms with E-state index in [9.17, 15) is 35.4 Å². The molecule has 0 radical (unpaired) electrons. The highest BCUT2D eigenvalue weighted by Crippen LogP contribution is 2.26. The van der Waals surface area contributed by atoms with Gasteiger partial charge < -0.3 is 54.9 Å². The summed E-state index contributed by atoms with van der Waals surface area (Å²) < 4.78 is 22.3. The van der Waals surface area contributed by atoms with Crippen LogP contribution in [0.3, 0.4) is 0 Å². The molecule has 12 nitrogen and oxygen atoms in total. The molecule has 12 heteroatoms. The molecule has 34 heavy (non-hydrogen) atoms. The van der Waals surface area contributed by atoms with Crippen molar-refractivity contribution in [1.82, 2.24) is 5.32 Å². The lowest BCUT2D eigenvalue weighted by Gasteiger charge is -2.44. The normalized spacial score (nSPS) is 38.6. The molecule has 2 aliphatic rings. The first-order valence-corrected chi connectivity index (χ1v) is 12.0. The Bertz CT molecular complexity index is 597. The van der Waals surface area contributed by atoms with Gasteiger partial charge in [0.25, 0.3) is 0 Å². The number of rotatable bonds is 13. The number of aliphatic hydroxyl groups is 6. The first-order chi connectivity index (χ1) is 16.2. The Morgan fingerprint density at radius 2 is 1.41 bits per heavy atom. The predicted molar refractivity (Wildman–Crippen MR) is 117 cm³/mol. The predicted octanol–water partition coefficient (Wildman–Crippen LogP) is -1.87. The van der Waals surface area contributed by atoms with Crippen LogP contribution >= 0.6 is 0 Å². The van der Waals surface area contributed by atoms with E-state index in [0.717, 1.165) is 32.1 Å². The molecule has 2 rings (SSSR count). The molecule has 0 aromatic carbocycles. The fourth-order valence-corrected chi connectivity index (χ4v) is 4.08. The molecule has 0 saturated carbocycles. The number of ether oxygens (including phenoxy) is 4. The zero-order chi connectivity index (χ0) is 25.3. The molecule has 0 aliphatic carbocycles. The topological polar surface area (TPSA) is 187 Å². The quantitative estimate of drug-likeness (QED) is 0.142. The molecule has 0 bridgehead atoms. The van der Waals surface area contributed by atoms with Gasteiger partial charge in [-0.15, -0.1) is 0 Å². The first kappa shape index (κ1) is 29.3. The standard InChI is InChI=1S/C22H41NO11/c1-3-4-5-6-7-8-9-31-22-20(30)19(29)17(27)14(34-22)11-32-21-15(23-12(2)25)18(28)16(26)13(10-24)33-21/h13-22,24,26-30H,3-11H2,1-2H3,(H,23,25)/t13-,14-,15-,16-,17+,18-,19+,20-,21-,22+/m1/s1. The first-order valence-electron chi connectivity index (χ1n) is 12.0. The minimum atomic E-state index is -1.55. The van der Waals surface area contributed by atoms with Gasteiger partial charge in [-0.2, -0.15) is 0 Å². The van der Waals surface area contributed by atoms with Crippen molar-refractivity contribution in [1.29, 1.82) is 0 Å². The van der Waals surface area contributed by atoms with Crippen LogP contribution in [0.15, 0.2) is 0 Å². The van der Waals surface area contributed by atoms with E-state index >= 15 is 0 Å². The van der Waals surface area contributed by atoms with Gasteiger partial charge in [0.2, 0.25) is 5.91 Å². The van der Waals surface area contributed by atoms with Gasteiger partial charge in [0, 0.05) is 13.5 Å². The summed E-state index contributed by atoms with van der Waals surface area (Å²) in [6, 6.07) is -1.16. The second-order valence-electron chi connectivity index (χ2n) is 8.92. The van der Waals surface area contributed by atoms with Crippen LogP contribution in [0.25, 0.3) is 0 Å². The summed E-state index contributed by atoms with van der Waals surface area (Å²) in [5.41, 5.74) is 0. The highest BCUT2D eigenvalue weighted by molar-refractivity contribution is 5.73. The van der Waals surface area contributed by atoms with E-state index in [0.29, 0.717) is 6.61 Å². The Kier molecular flexibility index (Phi) is 12.6. The summed E-state index contributed by atoms with van der Waals surface area (Å²) in [5.74, 6) is -0.508. The van der Waals surface area contributed by atoms with Crippen molar-refractivity contribution >= 4 is 5.91 Å². The van der Waals surface area contributed by atoms with Gasteiger partial charge in [-0.1, -0.05) is 39.0 Å². The number of carbonyl (C=O) groups excluding carboxylic acids is 1. The number of hydrogen-bond acceptors (Lipinski definition) is 11. The third kappa shape index (κ3) is 8.05. The lowest BCUT2D eigenvalue weighted by Crippen LogP contribution is -2.65. The van der Waals surface area contributed by atoms with Crippen LogP contribution in [0, 0.1) is 0 Å². The second-order valence-corrected chi connectivity index (χ2v) is 8.92. The van der Waals surface area contributed by atoms with E-state index in [4.69, 9.17) is 18.9 Å². The van der Waals surface area contributed by atoms with Crippen molar-refractivity contribution < 1.29 is 54.4 Å². The monoisotopic (exact) mass is 495 g/mol. The van der Waals surface area contributed by atoms with Crippen LogP contribution in [0.2, 0.25) is 0 Å². The van der Waals surface area contributed by atoms with Crippen LogP contribution in [0.5, 0.6) is 0 Å². The van der Waals surface area contributed by atoms with E-state index < -0.39 is 73.9 Å². The van der Waals surface area contributed by atoms with E-state index in [2.05, 4.69) is 12.2 Å². The molecule has 0 unspecified atom stereocenters. The van der Waals surface area contributed by atoms with Gasteiger partial charge in [0.15, 0.2) is 12.6 Å². The van der Waals surface area contributed by atoms with Gasteiger partial charge >= 0.3 is 0 Å². The molecule has 0 aromatic heterocycles. The van der Waals surface area contributed by atoms with Gasteiger partial charge in [-0.05, 0) is 6.42 Å². The molecule has 1 amide bonds. The third-order valence-electron chi connectivity index (χ3n) is 6.12. The maximum atomic E-state index is 11.5. The lowest BCUT2D eigenvalue weighted by molar-refractivity contribution is -0.320. The van der Waals surface area contributed by atoms with Crippen molar-refractivity contribution in [2.45, 2.75) is 114 Å². The molecule has 2 fully saturated rings. The molecule has 0 aromatic rings. The summed E-state index contributed by atoms with van der Waals surface area (Å²) in [4.78, 5) is 11.5. The minimum Gasteiger partial charge on any atom is -0.394 e. The summed E-state index contributed by atoms with van der Waals surface area (Å²) >= 11 is 0. The average molecular weight is 496 g/mol. The van der Waals surface area contributed by atoms with Crippen molar-refractivity contribution in [2.75, 3.05) is 19.8 Å². The zero-order valence-corrected chi connectivity index (χ0v) is 19.9. The summed E-state index contributed by atoms with van der Waals surface area (Å²) in [6.45, 7) is 2.70. The van der Waals surface area contributed by atoms with Gasteiger partial charge in [-0.25, -0.2) is 0 Å². The Morgan fingerprint density at radius 1 is 0.794 bits per heavy atom. The van der Waals surface area contributed by atoms with E-state index in [1.54, 1.807) is 0 Å². The molecule has 10 atom stereocenters. The average Bonchev–Trinajstić information content (AvgIpc) is 2.81. The largest absolute Gasteiger partial charge is 0.394 e. The number of unbranched alkanes of at least 4 members (excludes halogenated alkanes) is 5. The van der Waals surface area contributed by atoms with Crippen molar-refractivity contribution in [3.05, 3.63) is 0 Å². The Hall–Kier alpha value is -0.930. The molecule has 2 heterocycles. The number of hydrogen-bond donors (Lipinski definition) is 7. The fourth-order valence-electron chi connectivity index (χ4n) is 4.08. The number of aliphatic hydroxyl groups excluding tert-OH is 6. The maximum absolute atomic E-state index is 11.5. The molecular formula is C22H41NO11. The van der Waals surface area contributed by atoms with E-state index in [1.165, 1.54) is 13.3 Å². The number of nitrogens with one attached hydrogen (secondary N) is 1. The zero-order valence-electron chi connectivity index (χ0n) is 19.9. The second kappa shape index (κ2) is 14.6. The summed E-state index contributed by atoms with van der Waals surface area (Å²) in [5, 5.41) is 63.1. The SMILES string of the molecule is CCCCCCCCO[C@H]1O[C@H](CO[C@@H]2O[C@H](CO)[C@@H](O)[C@H](O)[C@H]2NC(C)=O)[C@H](O)[C@H](O)[C@H]1O. The Labute approximate surface area is 199 Å². The molecule has 200 valence electrons. The highest BCUT2D eigenvalue weighted by atomic mass is 16.7. The maximum Gasteiger partial charge on any atom is 0.217 e. The van der Waals surface area contributed by atoms with Crippen molar-refractivity contribution in [3.8, 4) is 0 Å². The van der Waals surface area contributed by atoms with Crippen molar-refractivity contribution in [3.63, 3.8) is 0 Å². The van der Waals surface area contributed by atoms with E-state index in [1.807, 2.05) is 0 Å². The minimum absolute atomic E-state index is 0.308. The third-order valence-corrected chi connectivity index (χ3v) is 6.12. The highest BCUT2D eigenvalue weighted by Gasteiger charge is 2.48.